The molecule has 0 unspecified atom stereocenters. The molecule has 3 aromatic carbocycles. The third-order valence-electron chi connectivity index (χ3n) is 4.62. The molecule has 0 aliphatic rings. The van der Waals surface area contributed by atoms with Crippen molar-refractivity contribution >= 4 is 23.2 Å². The van der Waals surface area contributed by atoms with Crippen LogP contribution in [0.25, 0.3) is 0 Å². The van der Waals surface area contributed by atoms with Crippen LogP contribution in [0.15, 0.2) is 60.7 Å². The third-order valence-corrected chi connectivity index (χ3v) is 4.62. The summed E-state index contributed by atoms with van der Waals surface area (Å²) >= 11 is 0. The molecule has 146 valence electrons. The molecule has 0 heterocycles. The second-order valence-electron chi connectivity index (χ2n) is 6.77. The Morgan fingerprint density at radius 3 is 1.30 bits per heavy atom. The topological polar surface area (TPSA) is 106 Å². The van der Waals surface area contributed by atoms with Crippen LogP contribution < -0.4 is 10.6 Å². The number of hydrogen-bond acceptors (Lipinski definition) is 4. The number of aryl methyl sites for hydroxylation is 2. The predicted molar refractivity (Wildman–Crippen MR) is 114 cm³/mol. The van der Waals surface area contributed by atoms with Gasteiger partial charge < -0.3 is 10.6 Å². The van der Waals surface area contributed by atoms with Gasteiger partial charge in [-0.15, -0.1) is 0 Å². The number of anilines is 2. The minimum absolute atomic E-state index is 0.281. The van der Waals surface area contributed by atoms with Crippen LogP contribution in [0.4, 0.5) is 11.4 Å². The van der Waals surface area contributed by atoms with E-state index in [0.717, 1.165) is 11.1 Å². The standard InChI is InChI=1S/C24H18N4O2/c1-15-11-22(28-24(30)20-9-5-18(14-26)6-10-20)16(2)12-21(15)27-23(29)19-7-3-17(13-25)4-8-19/h3-12H,1-2H3,(H,27,29)(H,28,30). The van der Waals surface area contributed by atoms with Crippen molar-refractivity contribution in [2.24, 2.45) is 0 Å². The van der Waals surface area contributed by atoms with E-state index in [2.05, 4.69) is 10.6 Å². The predicted octanol–water partition coefficient (Wildman–Crippen LogP) is 4.55. The van der Waals surface area contributed by atoms with Crippen LogP contribution in [0.1, 0.15) is 43.0 Å². The number of carbonyl (C=O) groups excluding carboxylic acids is 2. The van der Waals surface area contributed by atoms with Crippen molar-refractivity contribution in [3.63, 3.8) is 0 Å². The smallest absolute Gasteiger partial charge is 0.255 e. The van der Waals surface area contributed by atoms with Crippen LogP contribution in [0.2, 0.25) is 0 Å². The summed E-state index contributed by atoms with van der Waals surface area (Å²) in [4.78, 5) is 25.0. The summed E-state index contributed by atoms with van der Waals surface area (Å²) in [5.41, 5.74) is 4.72. The molecule has 0 radical (unpaired) electrons. The average molecular weight is 394 g/mol. The van der Waals surface area contributed by atoms with Gasteiger partial charge in [0.05, 0.1) is 23.3 Å². The van der Waals surface area contributed by atoms with E-state index in [1.165, 1.54) is 0 Å². The van der Waals surface area contributed by atoms with Crippen LogP contribution in [0, 0.1) is 36.5 Å². The van der Waals surface area contributed by atoms with E-state index in [9.17, 15) is 9.59 Å². The molecule has 0 fully saturated rings. The van der Waals surface area contributed by atoms with E-state index in [1.54, 1.807) is 60.7 Å². The first-order valence-corrected chi connectivity index (χ1v) is 9.15. The number of nitrogens with zero attached hydrogens (tertiary/aromatic N) is 2. The van der Waals surface area contributed by atoms with Crippen LogP contribution in [0.5, 0.6) is 0 Å². The molecule has 0 saturated carbocycles. The Balaban J connectivity index is 1.75. The first-order valence-electron chi connectivity index (χ1n) is 9.15. The number of benzene rings is 3. The number of amides is 2. The highest BCUT2D eigenvalue weighted by Gasteiger charge is 2.12. The van der Waals surface area contributed by atoms with Crippen molar-refractivity contribution in [1.29, 1.82) is 10.5 Å². The average Bonchev–Trinajstić information content (AvgIpc) is 2.77. The van der Waals surface area contributed by atoms with Crippen LogP contribution in [-0.4, -0.2) is 11.8 Å². The zero-order valence-corrected chi connectivity index (χ0v) is 16.5. The van der Waals surface area contributed by atoms with Gasteiger partial charge in [0.25, 0.3) is 11.8 Å². The van der Waals surface area contributed by atoms with Crippen molar-refractivity contribution in [2.75, 3.05) is 10.6 Å². The lowest BCUT2D eigenvalue weighted by Crippen LogP contribution is -2.15. The van der Waals surface area contributed by atoms with Gasteiger partial charge in [0.15, 0.2) is 0 Å². The largest absolute Gasteiger partial charge is 0.322 e. The third kappa shape index (κ3) is 4.52. The van der Waals surface area contributed by atoms with Crippen molar-refractivity contribution < 1.29 is 9.59 Å². The Kier molecular flexibility index (Phi) is 5.91. The van der Waals surface area contributed by atoms with E-state index in [1.807, 2.05) is 26.0 Å². The maximum absolute atomic E-state index is 12.5. The van der Waals surface area contributed by atoms with Gasteiger partial charge in [0.1, 0.15) is 0 Å². The van der Waals surface area contributed by atoms with Gasteiger partial charge in [-0.2, -0.15) is 10.5 Å². The second-order valence-corrected chi connectivity index (χ2v) is 6.77. The highest BCUT2D eigenvalue weighted by atomic mass is 16.2. The van der Waals surface area contributed by atoms with Crippen molar-refractivity contribution in [3.8, 4) is 12.1 Å². The first-order chi connectivity index (χ1) is 14.4. The zero-order valence-electron chi connectivity index (χ0n) is 16.5. The first kappa shape index (κ1) is 20.3. The van der Waals surface area contributed by atoms with E-state index in [-0.39, 0.29) is 11.8 Å². The lowest BCUT2D eigenvalue weighted by atomic mass is 10.1. The van der Waals surface area contributed by atoms with Crippen LogP contribution in [-0.2, 0) is 0 Å². The molecule has 0 aromatic heterocycles. The fourth-order valence-electron chi connectivity index (χ4n) is 2.87. The Morgan fingerprint density at radius 1 is 0.667 bits per heavy atom. The van der Waals surface area contributed by atoms with Gasteiger partial charge in [-0.25, -0.2) is 0 Å². The van der Waals surface area contributed by atoms with Gasteiger partial charge in [-0.1, -0.05) is 0 Å². The number of carbonyl (C=O) groups is 2. The highest BCUT2D eigenvalue weighted by Crippen LogP contribution is 2.25. The zero-order chi connectivity index (χ0) is 21.7. The molecular weight excluding hydrogens is 376 g/mol. The van der Waals surface area contributed by atoms with Gasteiger partial charge >= 0.3 is 0 Å². The summed E-state index contributed by atoms with van der Waals surface area (Å²) in [5.74, 6) is -0.562. The summed E-state index contributed by atoms with van der Waals surface area (Å²) in [6, 6.07) is 20.4. The lowest BCUT2D eigenvalue weighted by molar-refractivity contribution is 0.101. The fourth-order valence-corrected chi connectivity index (χ4v) is 2.87. The molecule has 3 aromatic rings. The lowest BCUT2D eigenvalue weighted by Gasteiger charge is -2.14. The van der Waals surface area contributed by atoms with E-state index in [4.69, 9.17) is 10.5 Å². The van der Waals surface area contributed by atoms with Crippen molar-refractivity contribution in [1.82, 2.24) is 0 Å². The van der Waals surface area contributed by atoms with Crippen molar-refractivity contribution in [3.05, 3.63) is 94.0 Å². The highest BCUT2D eigenvalue weighted by molar-refractivity contribution is 6.06. The Hall–Kier alpha value is -4.42. The van der Waals surface area contributed by atoms with Crippen LogP contribution >= 0.6 is 0 Å². The molecule has 6 heteroatoms. The van der Waals surface area contributed by atoms with Crippen LogP contribution in [0.3, 0.4) is 0 Å². The Bertz CT molecular complexity index is 1100. The van der Waals surface area contributed by atoms with Gasteiger partial charge in [-0.05, 0) is 85.6 Å². The molecule has 2 amide bonds. The molecule has 0 aliphatic carbocycles. The Morgan fingerprint density at radius 2 is 1.00 bits per heavy atom. The molecule has 3 rings (SSSR count). The summed E-state index contributed by atoms with van der Waals surface area (Å²) < 4.78 is 0. The molecule has 0 atom stereocenters. The van der Waals surface area contributed by atoms with Gasteiger partial charge in [-0.3, -0.25) is 9.59 Å². The van der Waals surface area contributed by atoms with E-state index >= 15 is 0 Å². The molecule has 0 bridgehead atoms. The van der Waals surface area contributed by atoms with Crippen molar-refractivity contribution in [2.45, 2.75) is 13.8 Å². The van der Waals surface area contributed by atoms with Gasteiger partial charge in [0.2, 0.25) is 0 Å². The van der Waals surface area contributed by atoms with E-state index in [0.29, 0.717) is 33.6 Å². The number of nitrogens with one attached hydrogen (secondary N) is 2. The fraction of sp³-hybridized carbons (Fsp3) is 0.0833. The minimum atomic E-state index is -0.281. The summed E-state index contributed by atoms with van der Waals surface area (Å²) in [5, 5.41) is 23.5. The SMILES string of the molecule is Cc1cc(NC(=O)c2ccc(C#N)cc2)c(C)cc1NC(=O)c1ccc(C#N)cc1. The summed E-state index contributed by atoms with van der Waals surface area (Å²) in [6.45, 7) is 3.68. The molecule has 30 heavy (non-hydrogen) atoms. The maximum Gasteiger partial charge on any atom is 0.255 e. The molecule has 2 N–H and O–H groups in total. The number of rotatable bonds is 4. The second kappa shape index (κ2) is 8.72. The normalized spacial score (nSPS) is 9.87. The van der Waals surface area contributed by atoms with E-state index < -0.39 is 0 Å². The molecule has 6 nitrogen and oxygen atoms in total. The van der Waals surface area contributed by atoms with Gasteiger partial charge in [0, 0.05) is 22.5 Å². The molecule has 0 aliphatic heterocycles. The Labute approximate surface area is 174 Å². The number of nitriles is 2. The molecule has 0 saturated heterocycles. The quantitative estimate of drug-likeness (QED) is 0.677. The summed E-state index contributed by atoms with van der Waals surface area (Å²) in [6.07, 6.45) is 0. The summed E-state index contributed by atoms with van der Waals surface area (Å²) in [7, 11) is 0. The monoisotopic (exact) mass is 394 g/mol. The number of hydrogen-bond donors (Lipinski definition) is 2. The molecule has 0 spiro atoms. The molecular formula is C24H18N4O2. The minimum Gasteiger partial charge on any atom is -0.322 e. The maximum atomic E-state index is 12.5.